The molecular formula is C21H19N3O2. The van der Waals surface area contributed by atoms with E-state index >= 15 is 0 Å². The van der Waals surface area contributed by atoms with E-state index in [2.05, 4.69) is 11.1 Å². The molecule has 1 aromatic carbocycles. The second-order valence-corrected chi connectivity index (χ2v) is 6.80. The van der Waals surface area contributed by atoms with Crippen molar-refractivity contribution in [2.24, 2.45) is 5.92 Å². The highest BCUT2D eigenvalue weighted by Crippen LogP contribution is 2.35. The Balaban J connectivity index is 1.54. The van der Waals surface area contributed by atoms with Crippen LogP contribution in [0, 0.1) is 5.92 Å². The first-order chi connectivity index (χ1) is 12.9. The molecule has 0 atom stereocenters. The maximum absolute atomic E-state index is 6.17. The highest BCUT2D eigenvalue weighted by Gasteiger charge is 2.23. The van der Waals surface area contributed by atoms with Crippen molar-refractivity contribution in [3.05, 3.63) is 61.2 Å². The standard InChI is InChI=1S/C21H19N3O2/c1-2-7-20-17(6-1)12-22-21(23-20)24(26-13-15-4-3-5-15)19-10-16-8-9-25-14-18(16)11-19/h1-2,6-12,14-15H,3-5,13H2. The second-order valence-electron chi connectivity index (χ2n) is 6.80. The van der Waals surface area contributed by atoms with E-state index in [-0.39, 0.29) is 0 Å². The molecule has 2 heterocycles. The van der Waals surface area contributed by atoms with E-state index < -0.39 is 0 Å². The van der Waals surface area contributed by atoms with Gasteiger partial charge in [-0.25, -0.2) is 9.97 Å². The highest BCUT2D eigenvalue weighted by molar-refractivity contribution is 5.80. The van der Waals surface area contributed by atoms with Gasteiger partial charge in [-0.05, 0) is 48.6 Å². The zero-order chi connectivity index (χ0) is 17.3. The number of para-hydroxylation sites is 1. The maximum atomic E-state index is 6.17. The zero-order valence-electron chi connectivity index (χ0n) is 14.3. The predicted molar refractivity (Wildman–Crippen MR) is 100 cm³/mol. The van der Waals surface area contributed by atoms with Crippen molar-refractivity contribution >= 4 is 22.5 Å². The maximum Gasteiger partial charge on any atom is 0.255 e. The third-order valence-electron chi connectivity index (χ3n) is 5.02. The van der Waals surface area contributed by atoms with E-state index in [1.54, 1.807) is 17.6 Å². The van der Waals surface area contributed by atoms with Crippen LogP contribution in [0.5, 0.6) is 0 Å². The third kappa shape index (κ3) is 2.80. The first-order valence-corrected chi connectivity index (χ1v) is 8.98. The van der Waals surface area contributed by atoms with Crippen LogP contribution in [-0.2, 0) is 4.84 Å². The number of aromatic nitrogens is 2. The summed E-state index contributed by atoms with van der Waals surface area (Å²) in [5.74, 6) is 1.17. The van der Waals surface area contributed by atoms with E-state index in [1.165, 1.54) is 19.3 Å². The number of benzene rings is 1. The lowest BCUT2D eigenvalue weighted by molar-refractivity contribution is 0.0685. The Labute approximate surface area is 151 Å². The molecule has 0 bridgehead atoms. The SMILES string of the molecule is c1ccc2nc(N(OCC3CCC3)c3cc4ccocc-4c3)ncc2c1. The van der Waals surface area contributed by atoms with Gasteiger partial charge in [0, 0.05) is 17.1 Å². The van der Waals surface area contributed by atoms with Crippen molar-refractivity contribution in [3.63, 3.8) is 0 Å². The molecule has 0 saturated heterocycles. The number of nitrogens with zero attached hydrogens (tertiary/aromatic N) is 3. The molecule has 0 unspecified atom stereocenters. The Kier molecular flexibility index (Phi) is 3.79. The Hall–Kier alpha value is -2.92. The van der Waals surface area contributed by atoms with E-state index in [0.29, 0.717) is 18.5 Å². The van der Waals surface area contributed by atoms with Gasteiger partial charge < -0.3 is 4.42 Å². The molecule has 5 heteroatoms. The Morgan fingerprint density at radius 1 is 1.12 bits per heavy atom. The minimum Gasteiger partial charge on any atom is -0.472 e. The van der Waals surface area contributed by atoms with Crippen LogP contribution in [0.4, 0.5) is 11.6 Å². The molecule has 0 spiro atoms. The zero-order valence-corrected chi connectivity index (χ0v) is 14.3. The summed E-state index contributed by atoms with van der Waals surface area (Å²) >= 11 is 0. The van der Waals surface area contributed by atoms with Gasteiger partial charge in [0.25, 0.3) is 5.95 Å². The molecule has 5 rings (SSSR count). The van der Waals surface area contributed by atoms with Crippen molar-refractivity contribution in [1.29, 1.82) is 0 Å². The highest BCUT2D eigenvalue weighted by atomic mass is 16.7. The van der Waals surface area contributed by atoms with E-state index in [1.807, 2.05) is 42.6 Å². The molecule has 0 N–H and O–H groups in total. The number of hydrogen-bond acceptors (Lipinski definition) is 5. The number of fused-ring (bicyclic) bond motifs is 2. The molecule has 3 aliphatic rings. The van der Waals surface area contributed by atoms with Crippen molar-refractivity contribution in [3.8, 4) is 11.1 Å². The van der Waals surface area contributed by atoms with Crippen molar-refractivity contribution in [1.82, 2.24) is 9.97 Å². The summed E-state index contributed by atoms with van der Waals surface area (Å²) < 4.78 is 5.28. The third-order valence-corrected chi connectivity index (χ3v) is 5.02. The van der Waals surface area contributed by atoms with Gasteiger partial charge in [0.05, 0.1) is 30.3 Å². The fraction of sp³-hybridized carbons (Fsp3) is 0.238. The van der Waals surface area contributed by atoms with Gasteiger partial charge in [-0.15, -0.1) is 0 Å². The largest absolute Gasteiger partial charge is 0.472 e. The molecule has 2 aliphatic carbocycles. The molecule has 2 aromatic rings. The average molecular weight is 345 g/mol. The van der Waals surface area contributed by atoms with Crippen LogP contribution in [0.25, 0.3) is 22.0 Å². The van der Waals surface area contributed by atoms with Gasteiger partial charge in [0.1, 0.15) is 0 Å². The van der Waals surface area contributed by atoms with E-state index in [0.717, 1.165) is 27.7 Å². The van der Waals surface area contributed by atoms with Crippen molar-refractivity contribution in [2.45, 2.75) is 19.3 Å². The lowest BCUT2D eigenvalue weighted by atomic mass is 9.86. The van der Waals surface area contributed by atoms with Crippen LogP contribution in [0.15, 0.2) is 65.6 Å². The van der Waals surface area contributed by atoms with Gasteiger partial charge >= 0.3 is 0 Å². The molecule has 5 nitrogen and oxygen atoms in total. The summed E-state index contributed by atoms with van der Waals surface area (Å²) in [7, 11) is 0. The molecule has 0 radical (unpaired) electrons. The summed E-state index contributed by atoms with van der Waals surface area (Å²) in [5.41, 5.74) is 3.95. The summed E-state index contributed by atoms with van der Waals surface area (Å²) in [5, 5.41) is 2.77. The summed E-state index contributed by atoms with van der Waals surface area (Å²) in [6.07, 6.45) is 9.02. The monoisotopic (exact) mass is 345 g/mol. The first-order valence-electron chi connectivity index (χ1n) is 8.98. The summed E-state index contributed by atoms with van der Waals surface area (Å²) in [6, 6.07) is 14.0. The lowest BCUT2D eigenvalue weighted by Crippen LogP contribution is -2.26. The molecule has 1 aliphatic heterocycles. The molecule has 1 saturated carbocycles. The lowest BCUT2D eigenvalue weighted by Gasteiger charge is -2.28. The fourth-order valence-electron chi connectivity index (χ4n) is 3.26. The number of hydrogen-bond donors (Lipinski definition) is 0. The van der Waals surface area contributed by atoms with Crippen LogP contribution in [0.1, 0.15) is 19.3 Å². The van der Waals surface area contributed by atoms with E-state index in [9.17, 15) is 0 Å². The van der Waals surface area contributed by atoms with Gasteiger partial charge in [0.2, 0.25) is 0 Å². The molecule has 130 valence electrons. The van der Waals surface area contributed by atoms with E-state index in [4.69, 9.17) is 14.2 Å². The van der Waals surface area contributed by atoms with Crippen LogP contribution < -0.4 is 5.06 Å². The van der Waals surface area contributed by atoms with Crippen LogP contribution in [0.3, 0.4) is 0 Å². The fourth-order valence-corrected chi connectivity index (χ4v) is 3.26. The minimum atomic E-state index is 0.551. The van der Waals surface area contributed by atoms with Crippen LogP contribution in [-0.4, -0.2) is 16.6 Å². The van der Waals surface area contributed by atoms with Crippen molar-refractivity contribution < 1.29 is 9.25 Å². The van der Waals surface area contributed by atoms with Crippen molar-refractivity contribution in [2.75, 3.05) is 11.7 Å². The van der Waals surface area contributed by atoms with Crippen LogP contribution in [0.2, 0.25) is 0 Å². The molecular weight excluding hydrogens is 326 g/mol. The average Bonchev–Trinajstić information content (AvgIpc) is 3.07. The van der Waals surface area contributed by atoms with Crippen LogP contribution >= 0.6 is 0 Å². The molecule has 1 fully saturated rings. The quantitative estimate of drug-likeness (QED) is 0.465. The van der Waals surface area contributed by atoms with Gasteiger partial charge in [-0.3, -0.25) is 4.84 Å². The van der Waals surface area contributed by atoms with Gasteiger partial charge in [-0.1, -0.05) is 24.6 Å². The molecule has 1 aromatic heterocycles. The molecule has 0 amide bonds. The minimum absolute atomic E-state index is 0.551. The topological polar surface area (TPSA) is 51.4 Å². The Morgan fingerprint density at radius 2 is 2.00 bits per heavy atom. The smallest absolute Gasteiger partial charge is 0.255 e. The summed E-state index contributed by atoms with van der Waals surface area (Å²) in [4.78, 5) is 15.4. The number of rotatable bonds is 5. The normalized spacial score (nSPS) is 14.6. The van der Waals surface area contributed by atoms with Gasteiger partial charge in [-0.2, -0.15) is 5.06 Å². The first kappa shape index (κ1) is 15.3. The summed E-state index contributed by atoms with van der Waals surface area (Å²) in [6.45, 7) is 0.683. The Morgan fingerprint density at radius 3 is 2.85 bits per heavy atom. The second kappa shape index (κ2) is 6.42. The predicted octanol–water partition coefficient (Wildman–Crippen LogP) is 5.20. The Bertz CT molecular complexity index is 979. The number of anilines is 2. The molecule has 26 heavy (non-hydrogen) atoms. The van der Waals surface area contributed by atoms with Gasteiger partial charge in [0.15, 0.2) is 0 Å².